The minimum atomic E-state index is -1.55. The summed E-state index contributed by atoms with van der Waals surface area (Å²) in [7, 11) is 0. The lowest BCUT2D eigenvalue weighted by Gasteiger charge is -2.43. The van der Waals surface area contributed by atoms with Crippen molar-refractivity contribution in [3.05, 3.63) is 0 Å². The van der Waals surface area contributed by atoms with Crippen molar-refractivity contribution in [3.8, 4) is 0 Å². The van der Waals surface area contributed by atoms with Gasteiger partial charge in [0.15, 0.2) is 12.3 Å². The number of alkyl halides is 2. The maximum Gasteiger partial charge on any atom is 0.160 e. The van der Waals surface area contributed by atoms with Gasteiger partial charge in [0, 0.05) is 13.2 Å². The molecule has 3 saturated carbocycles. The number of ether oxygens (including phenoxy) is 2. The van der Waals surface area contributed by atoms with Gasteiger partial charge in [-0.3, -0.25) is 0 Å². The second kappa shape index (κ2) is 9.04. The average molecular weight is 387 g/mol. The third-order valence-corrected chi connectivity index (χ3v) is 7.85. The Labute approximate surface area is 162 Å². The third-order valence-electron chi connectivity index (χ3n) is 7.85. The van der Waals surface area contributed by atoms with Crippen LogP contribution in [0.25, 0.3) is 0 Å². The molecule has 0 amide bonds. The lowest BCUT2D eigenvalue weighted by molar-refractivity contribution is -0.163. The molecule has 0 bridgehead atoms. The number of hydrogen-bond donors (Lipinski definition) is 1. The molecule has 0 aromatic heterocycles. The number of rotatable bonds is 4. The fraction of sp³-hybridized carbons (Fsp3) is 1.00. The topological polar surface area (TPSA) is 38.7 Å². The molecule has 0 radical (unpaired) electrons. The van der Waals surface area contributed by atoms with Crippen LogP contribution in [0.4, 0.5) is 8.78 Å². The summed E-state index contributed by atoms with van der Waals surface area (Å²) in [5, 5.41) is 9.69. The molecule has 3 aliphatic carbocycles. The van der Waals surface area contributed by atoms with Gasteiger partial charge in [0.1, 0.15) is 0 Å². The van der Waals surface area contributed by atoms with E-state index in [1.54, 1.807) is 0 Å². The van der Waals surface area contributed by atoms with Gasteiger partial charge >= 0.3 is 0 Å². The molecule has 0 spiro atoms. The molecule has 5 atom stereocenters. The minimum absolute atomic E-state index is 0.0800. The number of hydrogen-bond acceptors (Lipinski definition) is 3. The molecule has 4 rings (SSSR count). The SMILES string of the molecule is OC1CCC(C2CCC(COC3CC4CCCOC4C(F)C3F)CC2)CC1. The zero-order chi connectivity index (χ0) is 18.8. The Hall–Kier alpha value is -0.260. The maximum atomic E-state index is 14.5. The van der Waals surface area contributed by atoms with Crippen LogP contribution in [0.1, 0.15) is 70.6 Å². The van der Waals surface area contributed by atoms with Crippen molar-refractivity contribution < 1.29 is 23.4 Å². The summed E-state index contributed by atoms with van der Waals surface area (Å²) < 4.78 is 40.4. The van der Waals surface area contributed by atoms with Gasteiger partial charge in [-0.1, -0.05) is 0 Å². The standard InChI is InChI=1S/C22H36F2O3/c23-20-19(12-17-2-1-11-26-22(17)21(20)24)27-13-14-3-5-15(6-4-14)16-7-9-18(25)10-8-16/h14-22,25H,1-13H2. The van der Waals surface area contributed by atoms with Crippen molar-refractivity contribution in [2.45, 2.75) is 101 Å². The highest BCUT2D eigenvalue weighted by Gasteiger charge is 2.48. The summed E-state index contributed by atoms with van der Waals surface area (Å²) in [6.45, 7) is 1.13. The Morgan fingerprint density at radius 1 is 0.815 bits per heavy atom. The van der Waals surface area contributed by atoms with E-state index < -0.39 is 24.6 Å². The number of aliphatic hydroxyl groups is 1. The number of fused-ring (bicyclic) bond motifs is 1. The molecule has 0 aromatic rings. The van der Waals surface area contributed by atoms with Gasteiger partial charge < -0.3 is 14.6 Å². The first-order chi connectivity index (χ1) is 13.1. The van der Waals surface area contributed by atoms with E-state index in [-0.39, 0.29) is 12.0 Å². The summed E-state index contributed by atoms with van der Waals surface area (Å²) in [6, 6.07) is 0. The molecule has 1 heterocycles. The summed E-state index contributed by atoms with van der Waals surface area (Å²) in [5.74, 6) is 2.16. The molecule has 3 nitrogen and oxygen atoms in total. The summed E-state index contributed by atoms with van der Waals surface area (Å²) in [4.78, 5) is 0. The lowest BCUT2D eigenvalue weighted by atomic mass is 9.71. The molecular weight excluding hydrogens is 350 g/mol. The summed E-state index contributed by atoms with van der Waals surface area (Å²) in [6.07, 6.45) is 7.15. The molecule has 156 valence electrons. The van der Waals surface area contributed by atoms with E-state index in [1.807, 2.05) is 0 Å². The molecule has 1 aliphatic heterocycles. The predicted molar refractivity (Wildman–Crippen MR) is 100 cm³/mol. The minimum Gasteiger partial charge on any atom is -0.393 e. The molecule has 5 unspecified atom stereocenters. The van der Waals surface area contributed by atoms with Crippen molar-refractivity contribution in [3.63, 3.8) is 0 Å². The van der Waals surface area contributed by atoms with E-state index >= 15 is 0 Å². The lowest BCUT2D eigenvalue weighted by Crippen LogP contribution is -2.53. The van der Waals surface area contributed by atoms with Crippen molar-refractivity contribution in [2.75, 3.05) is 13.2 Å². The Kier molecular flexibility index (Phi) is 6.71. The molecule has 1 saturated heterocycles. The third kappa shape index (κ3) is 4.67. The predicted octanol–water partition coefficient (Wildman–Crippen LogP) is 4.60. The van der Waals surface area contributed by atoms with Crippen LogP contribution < -0.4 is 0 Å². The highest BCUT2D eigenvalue weighted by Crippen LogP contribution is 2.41. The van der Waals surface area contributed by atoms with Gasteiger partial charge in [-0.25, -0.2) is 8.78 Å². The second-order valence-corrected chi connectivity index (χ2v) is 9.58. The van der Waals surface area contributed by atoms with Gasteiger partial charge in [-0.05, 0) is 94.3 Å². The van der Waals surface area contributed by atoms with Gasteiger partial charge in [-0.2, -0.15) is 0 Å². The first-order valence-corrected chi connectivity index (χ1v) is 11.3. The van der Waals surface area contributed by atoms with Crippen LogP contribution in [0.15, 0.2) is 0 Å². The van der Waals surface area contributed by atoms with Crippen molar-refractivity contribution in [1.82, 2.24) is 0 Å². The van der Waals surface area contributed by atoms with Crippen LogP contribution in [-0.2, 0) is 9.47 Å². The Morgan fingerprint density at radius 2 is 1.48 bits per heavy atom. The normalized spacial score (nSPS) is 48.8. The quantitative estimate of drug-likeness (QED) is 0.767. The fourth-order valence-corrected chi connectivity index (χ4v) is 6.10. The van der Waals surface area contributed by atoms with Crippen LogP contribution in [0.3, 0.4) is 0 Å². The molecule has 5 heteroatoms. The molecular formula is C22H36F2O3. The van der Waals surface area contributed by atoms with E-state index in [0.29, 0.717) is 25.6 Å². The van der Waals surface area contributed by atoms with Crippen LogP contribution >= 0.6 is 0 Å². The number of aliphatic hydroxyl groups excluding tert-OH is 1. The van der Waals surface area contributed by atoms with E-state index in [4.69, 9.17) is 9.47 Å². The van der Waals surface area contributed by atoms with E-state index in [1.165, 1.54) is 25.7 Å². The first kappa shape index (κ1) is 20.0. The van der Waals surface area contributed by atoms with E-state index in [0.717, 1.165) is 50.4 Å². The van der Waals surface area contributed by atoms with Gasteiger partial charge in [0.05, 0.1) is 18.3 Å². The molecule has 4 aliphatic rings. The van der Waals surface area contributed by atoms with Crippen molar-refractivity contribution in [2.24, 2.45) is 23.7 Å². The van der Waals surface area contributed by atoms with Gasteiger partial charge in [0.2, 0.25) is 0 Å². The van der Waals surface area contributed by atoms with E-state index in [2.05, 4.69) is 0 Å². The van der Waals surface area contributed by atoms with Gasteiger partial charge in [0.25, 0.3) is 0 Å². The van der Waals surface area contributed by atoms with Crippen molar-refractivity contribution >= 4 is 0 Å². The van der Waals surface area contributed by atoms with Crippen LogP contribution in [0, 0.1) is 23.7 Å². The Morgan fingerprint density at radius 3 is 2.19 bits per heavy atom. The molecule has 1 N–H and O–H groups in total. The maximum absolute atomic E-state index is 14.5. The van der Waals surface area contributed by atoms with Crippen LogP contribution in [0.2, 0.25) is 0 Å². The summed E-state index contributed by atoms with van der Waals surface area (Å²) in [5.41, 5.74) is 0. The zero-order valence-corrected chi connectivity index (χ0v) is 16.4. The highest BCUT2D eigenvalue weighted by atomic mass is 19.2. The van der Waals surface area contributed by atoms with Crippen molar-refractivity contribution in [1.29, 1.82) is 0 Å². The Bertz CT molecular complexity index is 458. The van der Waals surface area contributed by atoms with Crippen LogP contribution in [0.5, 0.6) is 0 Å². The molecule has 0 aromatic carbocycles. The fourth-order valence-electron chi connectivity index (χ4n) is 6.10. The van der Waals surface area contributed by atoms with Gasteiger partial charge in [-0.15, -0.1) is 0 Å². The Balaban J connectivity index is 1.20. The van der Waals surface area contributed by atoms with Crippen LogP contribution in [-0.4, -0.2) is 49.0 Å². The zero-order valence-electron chi connectivity index (χ0n) is 16.4. The molecule has 27 heavy (non-hydrogen) atoms. The van der Waals surface area contributed by atoms with E-state index in [9.17, 15) is 13.9 Å². The highest BCUT2D eigenvalue weighted by molar-refractivity contribution is 4.96. The molecule has 4 fully saturated rings. The average Bonchev–Trinajstić information content (AvgIpc) is 2.71. The first-order valence-electron chi connectivity index (χ1n) is 11.3. The second-order valence-electron chi connectivity index (χ2n) is 9.58. The summed E-state index contributed by atoms with van der Waals surface area (Å²) >= 11 is 0. The number of halogens is 2. The monoisotopic (exact) mass is 386 g/mol. The smallest absolute Gasteiger partial charge is 0.160 e. The largest absolute Gasteiger partial charge is 0.393 e.